The molecular weight excluding hydrogens is 226 g/mol. The third-order valence-electron chi connectivity index (χ3n) is 3.68. The van der Waals surface area contributed by atoms with Gasteiger partial charge in [-0.1, -0.05) is 13.8 Å². The van der Waals surface area contributed by atoms with Crippen LogP contribution in [0.4, 0.5) is 0 Å². The molecule has 0 spiro atoms. The number of hydrogen-bond donors (Lipinski definition) is 0. The van der Waals surface area contributed by atoms with Gasteiger partial charge in [0.1, 0.15) is 6.04 Å². The smallest absolute Gasteiger partial charge is 0.247 e. The number of amides is 1. The van der Waals surface area contributed by atoms with Crippen LogP contribution in [0.25, 0.3) is 0 Å². The zero-order chi connectivity index (χ0) is 13.1. The van der Waals surface area contributed by atoms with Crippen molar-refractivity contribution in [2.24, 2.45) is 11.8 Å². The highest BCUT2D eigenvalue weighted by molar-refractivity contribution is 5.80. The minimum Gasteiger partial charge on any atom is -0.341 e. The molecule has 2 rings (SSSR count). The van der Waals surface area contributed by atoms with Gasteiger partial charge in [-0.15, -0.1) is 0 Å². The first-order chi connectivity index (χ1) is 8.58. The molecule has 4 nitrogen and oxygen atoms in total. The summed E-state index contributed by atoms with van der Waals surface area (Å²) in [6.07, 6.45) is 5.94. The number of carbonyl (C=O) groups is 1. The molecule has 1 saturated heterocycles. The van der Waals surface area contributed by atoms with Gasteiger partial charge in [-0.25, -0.2) is 0 Å². The highest BCUT2D eigenvalue weighted by Gasteiger charge is 2.29. The molecule has 1 aromatic heterocycles. The number of nitrogens with zero attached hydrogens (tertiary/aromatic N) is 3. The van der Waals surface area contributed by atoms with E-state index in [1.807, 2.05) is 24.1 Å². The van der Waals surface area contributed by atoms with Crippen molar-refractivity contribution in [3.05, 3.63) is 18.5 Å². The van der Waals surface area contributed by atoms with E-state index in [0.29, 0.717) is 11.8 Å². The zero-order valence-electron chi connectivity index (χ0n) is 11.5. The molecule has 0 aromatic carbocycles. The molecule has 0 bridgehead atoms. The van der Waals surface area contributed by atoms with Crippen LogP contribution in [0.3, 0.4) is 0 Å². The molecule has 100 valence electrons. The Morgan fingerprint density at radius 1 is 1.44 bits per heavy atom. The fraction of sp³-hybridized carbons (Fsp3) is 0.714. The number of rotatable bonds is 4. The lowest BCUT2D eigenvalue weighted by Gasteiger charge is -2.21. The first kappa shape index (κ1) is 13.1. The third-order valence-corrected chi connectivity index (χ3v) is 3.68. The van der Waals surface area contributed by atoms with Crippen LogP contribution in [0.1, 0.15) is 39.7 Å². The largest absolute Gasteiger partial charge is 0.341 e. The topological polar surface area (TPSA) is 38.1 Å². The number of carbonyl (C=O) groups excluding carboxylic acids is 1. The van der Waals surface area contributed by atoms with Gasteiger partial charge in [0.05, 0.1) is 0 Å². The fourth-order valence-corrected chi connectivity index (χ4v) is 2.78. The second-order valence-corrected chi connectivity index (χ2v) is 5.73. The summed E-state index contributed by atoms with van der Waals surface area (Å²) < 4.78 is 1.73. The summed E-state index contributed by atoms with van der Waals surface area (Å²) in [5.74, 6) is 1.59. The Bertz CT molecular complexity index is 386. The van der Waals surface area contributed by atoms with E-state index in [4.69, 9.17) is 0 Å². The van der Waals surface area contributed by atoms with Crippen LogP contribution in [-0.2, 0) is 4.79 Å². The average molecular weight is 249 g/mol. The van der Waals surface area contributed by atoms with Crippen molar-refractivity contribution in [2.75, 3.05) is 13.1 Å². The first-order valence-electron chi connectivity index (χ1n) is 6.86. The lowest BCUT2D eigenvalue weighted by Crippen LogP contribution is -2.34. The maximum Gasteiger partial charge on any atom is 0.247 e. The SMILES string of the molecule is CC(C)C[C@@H]1CCN(C(=O)[C@@H](C)n2cccn2)C1. The van der Waals surface area contributed by atoms with Gasteiger partial charge in [0, 0.05) is 25.5 Å². The molecule has 0 unspecified atom stereocenters. The second kappa shape index (κ2) is 5.55. The van der Waals surface area contributed by atoms with Crippen molar-refractivity contribution in [1.82, 2.24) is 14.7 Å². The van der Waals surface area contributed by atoms with Crippen LogP contribution in [0, 0.1) is 11.8 Å². The van der Waals surface area contributed by atoms with E-state index < -0.39 is 0 Å². The second-order valence-electron chi connectivity index (χ2n) is 5.73. The number of hydrogen-bond acceptors (Lipinski definition) is 2. The molecule has 1 aromatic rings. The standard InChI is InChI=1S/C14H23N3O/c1-11(2)9-13-5-8-16(10-13)14(18)12(3)17-7-4-6-15-17/h4,6-7,11-13H,5,8-10H2,1-3H3/t12-,13+/m1/s1. The van der Waals surface area contributed by atoms with E-state index in [1.165, 1.54) is 6.42 Å². The molecule has 18 heavy (non-hydrogen) atoms. The van der Waals surface area contributed by atoms with Crippen molar-refractivity contribution >= 4 is 5.91 Å². The lowest BCUT2D eigenvalue weighted by molar-refractivity contribution is -0.133. The van der Waals surface area contributed by atoms with Crippen LogP contribution in [-0.4, -0.2) is 33.7 Å². The van der Waals surface area contributed by atoms with Gasteiger partial charge in [0.15, 0.2) is 0 Å². The average Bonchev–Trinajstić information content (AvgIpc) is 2.96. The molecule has 1 amide bonds. The fourth-order valence-electron chi connectivity index (χ4n) is 2.78. The summed E-state index contributed by atoms with van der Waals surface area (Å²) in [4.78, 5) is 14.3. The lowest BCUT2D eigenvalue weighted by atomic mass is 9.97. The summed E-state index contributed by atoms with van der Waals surface area (Å²) in [6.45, 7) is 8.24. The van der Waals surface area contributed by atoms with Gasteiger partial charge in [0.2, 0.25) is 5.91 Å². The summed E-state index contributed by atoms with van der Waals surface area (Å²) in [7, 11) is 0. The van der Waals surface area contributed by atoms with Crippen LogP contribution in [0.2, 0.25) is 0 Å². The molecule has 0 N–H and O–H groups in total. The van der Waals surface area contributed by atoms with Crippen LogP contribution >= 0.6 is 0 Å². The van der Waals surface area contributed by atoms with Gasteiger partial charge in [-0.2, -0.15) is 5.10 Å². The molecule has 1 aliphatic rings. The van der Waals surface area contributed by atoms with E-state index in [1.54, 1.807) is 10.9 Å². The number of likely N-dealkylation sites (tertiary alicyclic amines) is 1. The Hall–Kier alpha value is -1.32. The van der Waals surface area contributed by atoms with E-state index in [-0.39, 0.29) is 11.9 Å². The number of aromatic nitrogens is 2. The van der Waals surface area contributed by atoms with Crippen LogP contribution < -0.4 is 0 Å². The first-order valence-corrected chi connectivity index (χ1v) is 6.86. The maximum atomic E-state index is 12.3. The minimum atomic E-state index is -0.183. The molecule has 0 saturated carbocycles. The summed E-state index contributed by atoms with van der Waals surface area (Å²) in [5.41, 5.74) is 0. The molecule has 2 atom stereocenters. The van der Waals surface area contributed by atoms with E-state index >= 15 is 0 Å². The Kier molecular flexibility index (Phi) is 4.04. The van der Waals surface area contributed by atoms with Crippen molar-refractivity contribution in [2.45, 2.75) is 39.7 Å². The molecule has 0 aliphatic carbocycles. The molecule has 4 heteroatoms. The van der Waals surface area contributed by atoms with Crippen molar-refractivity contribution in [3.63, 3.8) is 0 Å². The highest BCUT2D eigenvalue weighted by atomic mass is 16.2. The Balaban J connectivity index is 1.91. The van der Waals surface area contributed by atoms with Gasteiger partial charge in [0.25, 0.3) is 0 Å². The van der Waals surface area contributed by atoms with Crippen molar-refractivity contribution < 1.29 is 4.79 Å². The maximum absolute atomic E-state index is 12.3. The van der Waals surface area contributed by atoms with Crippen LogP contribution in [0.5, 0.6) is 0 Å². The minimum absolute atomic E-state index is 0.183. The van der Waals surface area contributed by atoms with E-state index in [0.717, 1.165) is 19.5 Å². The van der Waals surface area contributed by atoms with Crippen molar-refractivity contribution in [1.29, 1.82) is 0 Å². The van der Waals surface area contributed by atoms with Gasteiger partial charge in [-0.3, -0.25) is 9.48 Å². The van der Waals surface area contributed by atoms with Crippen molar-refractivity contribution in [3.8, 4) is 0 Å². The van der Waals surface area contributed by atoms with E-state index in [9.17, 15) is 4.79 Å². The highest BCUT2D eigenvalue weighted by Crippen LogP contribution is 2.25. The molecular formula is C14H23N3O. The molecule has 1 fully saturated rings. The summed E-state index contributed by atoms with van der Waals surface area (Å²) >= 11 is 0. The summed E-state index contributed by atoms with van der Waals surface area (Å²) in [6, 6.07) is 1.67. The molecule has 1 aliphatic heterocycles. The van der Waals surface area contributed by atoms with Gasteiger partial charge in [-0.05, 0) is 37.7 Å². The van der Waals surface area contributed by atoms with Gasteiger partial charge >= 0.3 is 0 Å². The zero-order valence-corrected chi connectivity index (χ0v) is 11.5. The molecule has 0 radical (unpaired) electrons. The van der Waals surface area contributed by atoms with E-state index in [2.05, 4.69) is 18.9 Å². The van der Waals surface area contributed by atoms with Crippen LogP contribution in [0.15, 0.2) is 18.5 Å². The normalized spacial score (nSPS) is 21.6. The Morgan fingerprint density at radius 2 is 2.22 bits per heavy atom. The van der Waals surface area contributed by atoms with Gasteiger partial charge < -0.3 is 4.90 Å². The summed E-state index contributed by atoms with van der Waals surface area (Å²) in [5, 5.41) is 4.15. The Labute approximate surface area is 109 Å². The Morgan fingerprint density at radius 3 is 2.83 bits per heavy atom. The predicted octanol–water partition coefficient (Wildman–Crippen LogP) is 2.34. The predicted molar refractivity (Wildman–Crippen MR) is 71.1 cm³/mol. The molecule has 2 heterocycles. The quantitative estimate of drug-likeness (QED) is 0.821. The monoisotopic (exact) mass is 249 g/mol. The third kappa shape index (κ3) is 2.92.